The molecule has 1 N–H and O–H groups in total. The summed E-state index contributed by atoms with van der Waals surface area (Å²) < 4.78 is 0. The summed E-state index contributed by atoms with van der Waals surface area (Å²) >= 11 is 0. The van der Waals surface area contributed by atoms with Gasteiger partial charge in [-0.3, -0.25) is 19.3 Å². The number of carbonyl (C=O) groups excluding carboxylic acids is 3. The van der Waals surface area contributed by atoms with E-state index in [9.17, 15) is 14.4 Å². The molecule has 1 fully saturated rings. The fourth-order valence-electron chi connectivity index (χ4n) is 3.26. The van der Waals surface area contributed by atoms with Gasteiger partial charge >= 0.3 is 11.8 Å². The van der Waals surface area contributed by atoms with Gasteiger partial charge in [0.1, 0.15) is 0 Å². The van der Waals surface area contributed by atoms with Crippen molar-refractivity contribution in [3.05, 3.63) is 66.2 Å². The van der Waals surface area contributed by atoms with E-state index < -0.39 is 11.8 Å². The minimum absolute atomic E-state index is 0.167. The number of hydrogen-bond acceptors (Lipinski definition) is 3. The number of carbonyl (C=O) groups is 3. The lowest BCUT2D eigenvalue weighted by Gasteiger charge is -2.22. The summed E-state index contributed by atoms with van der Waals surface area (Å²) in [6.45, 7) is 2.08. The Balaban J connectivity index is 1.58. The summed E-state index contributed by atoms with van der Waals surface area (Å²) in [7, 11) is 0. The molecule has 146 valence electrons. The second-order valence-electron chi connectivity index (χ2n) is 6.81. The van der Waals surface area contributed by atoms with Crippen molar-refractivity contribution in [1.82, 2.24) is 10.2 Å². The Morgan fingerprint density at radius 3 is 2.32 bits per heavy atom. The van der Waals surface area contributed by atoms with Gasteiger partial charge in [-0.05, 0) is 30.5 Å². The standard InChI is InChI=1S/C22H25N3O3/c26-20-13-7-15-24(20)16-8-14-23-21(27)22(28)25(19-11-5-2-6-12-19)17-18-9-3-1-4-10-18/h1-6,9-12H,7-8,13-17H2,(H,23,27). The number of nitrogens with zero attached hydrogens (tertiary/aromatic N) is 2. The maximum absolute atomic E-state index is 12.8. The van der Waals surface area contributed by atoms with Gasteiger partial charge in [0.2, 0.25) is 5.91 Å². The zero-order valence-corrected chi connectivity index (χ0v) is 15.8. The number of rotatable bonds is 7. The summed E-state index contributed by atoms with van der Waals surface area (Å²) in [4.78, 5) is 40.1. The second-order valence-corrected chi connectivity index (χ2v) is 6.81. The molecule has 2 aromatic carbocycles. The van der Waals surface area contributed by atoms with Crippen LogP contribution in [-0.4, -0.2) is 42.3 Å². The normalized spacial score (nSPS) is 13.4. The molecule has 0 unspecified atom stereocenters. The molecule has 28 heavy (non-hydrogen) atoms. The lowest BCUT2D eigenvalue weighted by Crippen LogP contribution is -2.43. The Hall–Kier alpha value is -3.15. The SMILES string of the molecule is O=C(NCCCN1CCCC1=O)C(=O)N(Cc1ccccc1)c1ccccc1. The van der Waals surface area contributed by atoms with Gasteiger partial charge in [0.05, 0.1) is 6.54 Å². The molecule has 6 heteroatoms. The van der Waals surface area contributed by atoms with Gasteiger partial charge in [-0.2, -0.15) is 0 Å². The molecule has 0 aromatic heterocycles. The average Bonchev–Trinajstić information content (AvgIpc) is 3.15. The zero-order valence-electron chi connectivity index (χ0n) is 15.8. The first-order valence-electron chi connectivity index (χ1n) is 9.61. The fraction of sp³-hybridized carbons (Fsp3) is 0.318. The van der Waals surface area contributed by atoms with Crippen molar-refractivity contribution in [3.63, 3.8) is 0 Å². The van der Waals surface area contributed by atoms with Crippen LogP contribution >= 0.6 is 0 Å². The highest BCUT2D eigenvalue weighted by Gasteiger charge is 2.24. The van der Waals surface area contributed by atoms with Crippen molar-refractivity contribution in [2.45, 2.75) is 25.8 Å². The van der Waals surface area contributed by atoms with Crippen LogP contribution in [0.4, 0.5) is 5.69 Å². The summed E-state index contributed by atoms with van der Waals surface area (Å²) in [5.74, 6) is -1.06. The zero-order chi connectivity index (χ0) is 19.8. The summed E-state index contributed by atoms with van der Waals surface area (Å²) in [5.41, 5.74) is 1.62. The van der Waals surface area contributed by atoms with E-state index >= 15 is 0 Å². The van der Waals surface area contributed by atoms with Crippen molar-refractivity contribution in [1.29, 1.82) is 0 Å². The molecule has 0 saturated carbocycles. The number of para-hydroxylation sites is 1. The van der Waals surface area contributed by atoms with Gasteiger partial charge < -0.3 is 10.2 Å². The molecule has 0 aliphatic carbocycles. The Kier molecular flexibility index (Phi) is 6.78. The number of nitrogens with one attached hydrogen (secondary N) is 1. The third kappa shape index (κ3) is 5.19. The van der Waals surface area contributed by atoms with Gasteiger partial charge in [-0.25, -0.2) is 0 Å². The van der Waals surface area contributed by atoms with Crippen LogP contribution in [0.2, 0.25) is 0 Å². The maximum Gasteiger partial charge on any atom is 0.316 e. The minimum Gasteiger partial charge on any atom is -0.348 e. The molecule has 0 radical (unpaired) electrons. The van der Waals surface area contributed by atoms with Crippen LogP contribution in [0.15, 0.2) is 60.7 Å². The van der Waals surface area contributed by atoms with Gasteiger partial charge in [0, 0.05) is 31.7 Å². The molecule has 1 aliphatic heterocycles. The monoisotopic (exact) mass is 379 g/mol. The van der Waals surface area contributed by atoms with Crippen molar-refractivity contribution in [2.24, 2.45) is 0 Å². The molecule has 3 amide bonds. The smallest absolute Gasteiger partial charge is 0.316 e. The molecular weight excluding hydrogens is 354 g/mol. The van der Waals surface area contributed by atoms with E-state index in [0.717, 1.165) is 18.5 Å². The predicted molar refractivity (Wildman–Crippen MR) is 108 cm³/mol. The Bertz CT molecular complexity index is 808. The van der Waals surface area contributed by atoms with E-state index in [2.05, 4.69) is 5.32 Å². The quantitative estimate of drug-likeness (QED) is 0.593. The van der Waals surface area contributed by atoms with Crippen LogP contribution in [0.3, 0.4) is 0 Å². The van der Waals surface area contributed by atoms with Gasteiger partial charge in [0.15, 0.2) is 0 Å². The van der Waals surface area contributed by atoms with Crippen LogP contribution in [0.5, 0.6) is 0 Å². The lowest BCUT2D eigenvalue weighted by atomic mass is 10.2. The number of amides is 3. The molecule has 1 aliphatic rings. The van der Waals surface area contributed by atoms with E-state index in [1.807, 2.05) is 60.7 Å². The summed E-state index contributed by atoms with van der Waals surface area (Å²) in [5, 5.41) is 2.69. The average molecular weight is 379 g/mol. The molecule has 1 saturated heterocycles. The Morgan fingerprint density at radius 1 is 1.00 bits per heavy atom. The molecule has 2 aromatic rings. The molecule has 6 nitrogen and oxygen atoms in total. The van der Waals surface area contributed by atoms with Crippen LogP contribution < -0.4 is 10.2 Å². The van der Waals surface area contributed by atoms with E-state index in [1.54, 1.807) is 4.90 Å². The fourth-order valence-corrected chi connectivity index (χ4v) is 3.26. The molecule has 0 atom stereocenters. The van der Waals surface area contributed by atoms with E-state index in [0.29, 0.717) is 38.2 Å². The number of anilines is 1. The van der Waals surface area contributed by atoms with Gasteiger partial charge in [-0.15, -0.1) is 0 Å². The first-order valence-corrected chi connectivity index (χ1v) is 9.61. The maximum atomic E-state index is 12.8. The van der Waals surface area contributed by atoms with E-state index in [-0.39, 0.29) is 5.91 Å². The number of hydrogen-bond donors (Lipinski definition) is 1. The molecule has 1 heterocycles. The third-order valence-electron chi connectivity index (χ3n) is 4.75. The van der Waals surface area contributed by atoms with Crippen molar-refractivity contribution in [2.75, 3.05) is 24.5 Å². The van der Waals surface area contributed by atoms with Crippen molar-refractivity contribution >= 4 is 23.4 Å². The van der Waals surface area contributed by atoms with Crippen LogP contribution in [0, 0.1) is 0 Å². The summed E-state index contributed by atoms with van der Waals surface area (Å²) in [6, 6.07) is 18.7. The van der Waals surface area contributed by atoms with Crippen LogP contribution in [0.1, 0.15) is 24.8 Å². The lowest BCUT2D eigenvalue weighted by molar-refractivity contribution is -0.137. The largest absolute Gasteiger partial charge is 0.348 e. The summed E-state index contributed by atoms with van der Waals surface area (Å²) in [6.07, 6.45) is 2.14. The van der Waals surface area contributed by atoms with Crippen molar-refractivity contribution < 1.29 is 14.4 Å². The minimum atomic E-state index is -0.632. The van der Waals surface area contributed by atoms with Gasteiger partial charge in [0.25, 0.3) is 0 Å². The second kappa shape index (κ2) is 9.69. The van der Waals surface area contributed by atoms with Crippen LogP contribution in [0.25, 0.3) is 0 Å². The first-order chi connectivity index (χ1) is 13.6. The highest BCUT2D eigenvalue weighted by molar-refractivity contribution is 6.40. The highest BCUT2D eigenvalue weighted by Crippen LogP contribution is 2.17. The Morgan fingerprint density at radius 2 is 1.68 bits per heavy atom. The topological polar surface area (TPSA) is 69.7 Å². The Labute approximate surface area is 165 Å². The predicted octanol–water partition coefficient (Wildman–Crippen LogP) is 2.35. The first kappa shape index (κ1) is 19.6. The number of likely N-dealkylation sites (tertiary alicyclic amines) is 1. The van der Waals surface area contributed by atoms with Crippen LogP contribution in [-0.2, 0) is 20.9 Å². The van der Waals surface area contributed by atoms with Crippen molar-refractivity contribution in [3.8, 4) is 0 Å². The van der Waals surface area contributed by atoms with E-state index in [1.165, 1.54) is 4.90 Å². The molecular formula is C22H25N3O3. The number of benzene rings is 2. The molecule has 3 rings (SSSR count). The molecule has 0 spiro atoms. The van der Waals surface area contributed by atoms with Gasteiger partial charge in [-0.1, -0.05) is 48.5 Å². The van der Waals surface area contributed by atoms with E-state index in [4.69, 9.17) is 0 Å². The third-order valence-corrected chi connectivity index (χ3v) is 4.75. The molecule has 0 bridgehead atoms. The highest BCUT2D eigenvalue weighted by atomic mass is 16.2.